The first kappa shape index (κ1) is 19.1. The summed E-state index contributed by atoms with van der Waals surface area (Å²) in [6.07, 6.45) is 8.14. The first-order chi connectivity index (χ1) is 15.1. The predicted molar refractivity (Wildman–Crippen MR) is 122 cm³/mol. The number of H-pyrrole nitrogens is 1. The monoisotopic (exact) mass is 412 g/mol. The van der Waals surface area contributed by atoms with E-state index < -0.39 is 0 Å². The molecule has 5 aromatic rings. The Labute approximate surface area is 180 Å². The smallest absolute Gasteiger partial charge is 0.235 e. The maximum Gasteiger partial charge on any atom is 0.235 e. The van der Waals surface area contributed by atoms with Gasteiger partial charge in [0.2, 0.25) is 5.88 Å². The molecule has 2 aromatic carbocycles. The van der Waals surface area contributed by atoms with Crippen molar-refractivity contribution in [2.24, 2.45) is 0 Å². The third-order valence-electron chi connectivity index (χ3n) is 5.75. The van der Waals surface area contributed by atoms with E-state index in [0.717, 1.165) is 46.3 Å². The highest BCUT2D eigenvalue weighted by Crippen LogP contribution is 2.48. The molecule has 0 fully saturated rings. The maximum absolute atomic E-state index is 11.0. The van der Waals surface area contributed by atoms with Crippen molar-refractivity contribution in [2.75, 3.05) is 0 Å². The first-order valence-electron chi connectivity index (χ1n) is 10.4. The molecule has 3 heterocycles. The number of aromatic hydroxyl groups is 2. The van der Waals surface area contributed by atoms with Crippen LogP contribution in [0.4, 0.5) is 0 Å². The Morgan fingerprint density at radius 2 is 1.81 bits per heavy atom. The Morgan fingerprint density at radius 1 is 1.00 bits per heavy atom. The Bertz CT molecular complexity index is 1330. The highest BCUT2D eigenvalue weighted by molar-refractivity contribution is 6.02. The van der Waals surface area contributed by atoms with Gasteiger partial charge in [0.05, 0.1) is 17.6 Å². The second-order valence-electron chi connectivity index (χ2n) is 7.82. The van der Waals surface area contributed by atoms with Crippen LogP contribution >= 0.6 is 0 Å². The Kier molecular flexibility index (Phi) is 4.75. The molecule has 0 bridgehead atoms. The average Bonchev–Trinajstić information content (AvgIpc) is 3.50. The van der Waals surface area contributed by atoms with E-state index in [1.54, 1.807) is 12.5 Å². The Balaban J connectivity index is 1.65. The van der Waals surface area contributed by atoms with Gasteiger partial charge in [0.25, 0.3) is 0 Å². The SMILES string of the molecule is Cc1ccc(-c2c(-c3c[nH]c4ccccc34)c(O)c(O)n2CCCn2ccnc2)cc1. The summed E-state index contributed by atoms with van der Waals surface area (Å²) >= 11 is 0. The fraction of sp³-hybridized carbons (Fsp3) is 0.160. The van der Waals surface area contributed by atoms with Crippen molar-refractivity contribution in [3.63, 3.8) is 0 Å². The summed E-state index contributed by atoms with van der Waals surface area (Å²) in [5.74, 6) is -0.204. The van der Waals surface area contributed by atoms with Crippen molar-refractivity contribution in [3.05, 3.63) is 79.0 Å². The van der Waals surface area contributed by atoms with Gasteiger partial charge < -0.3 is 24.3 Å². The van der Waals surface area contributed by atoms with E-state index in [4.69, 9.17) is 0 Å². The van der Waals surface area contributed by atoms with Gasteiger partial charge >= 0.3 is 0 Å². The topological polar surface area (TPSA) is 79.0 Å². The molecule has 6 nitrogen and oxygen atoms in total. The molecular formula is C25H24N4O2. The van der Waals surface area contributed by atoms with Crippen molar-refractivity contribution >= 4 is 10.9 Å². The summed E-state index contributed by atoms with van der Waals surface area (Å²) in [5.41, 5.74) is 5.41. The van der Waals surface area contributed by atoms with Crippen LogP contribution in [0.2, 0.25) is 0 Å². The summed E-state index contributed by atoms with van der Waals surface area (Å²) in [6.45, 7) is 3.38. The number of hydrogen-bond acceptors (Lipinski definition) is 3. The molecule has 0 amide bonds. The van der Waals surface area contributed by atoms with Crippen LogP contribution in [0, 0.1) is 6.92 Å². The van der Waals surface area contributed by atoms with Crippen LogP contribution in [0.5, 0.6) is 11.6 Å². The van der Waals surface area contributed by atoms with E-state index in [9.17, 15) is 10.2 Å². The van der Waals surface area contributed by atoms with Gasteiger partial charge in [0.1, 0.15) is 0 Å². The van der Waals surface area contributed by atoms with E-state index in [0.29, 0.717) is 12.1 Å². The molecule has 0 spiro atoms. The highest BCUT2D eigenvalue weighted by Gasteiger charge is 2.26. The van der Waals surface area contributed by atoms with Crippen molar-refractivity contribution in [1.29, 1.82) is 0 Å². The number of aryl methyl sites for hydroxylation is 2. The van der Waals surface area contributed by atoms with Crippen LogP contribution in [0.15, 0.2) is 73.4 Å². The van der Waals surface area contributed by atoms with Crippen molar-refractivity contribution in [1.82, 2.24) is 19.1 Å². The molecule has 156 valence electrons. The summed E-state index contributed by atoms with van der Waals surface area (Å²) in [6, 6.07) is 16.1. The molecule has 6 heteroatoms. The first-order valence-corrected chi connectivity index (χ1v) is 10.4. The van der Waals surface area contributed by atoms with Crippen LogP contribution in [0.3, 0.4) is 0 Å². The lowest BCUT2D eigenvalue weighted by molar-refractivity contribution is 0.369. The Morgan fingerprint density at radius 3 is 2.58 bits per heavy atom. The zero-order chi connectivity index (χ0) is 21.4. The molecule has 0 unspecified atom stereocenters. The summed E-state index contributed by atoms with van der Waals surface area (Å²) < 4.78 is 3.82. The molecule has 0 atom stereocenters. The minimum absolute atomic E-state index is 0.0945. The average molecular weight is 412 g/mol. The van der Waals surface area contributed by atoms with E-state index in [-0.39, 0.29) is 11.6 Å². The molecular weight excluding hydrogens is 388 g/mol. The normalized spacial score (nSPS) is 11.4. The molecule has 0 saturated heterocycles. The van der Waals surface area contributed by atoms with Gasteiger partial charge in [-0.15, -0.1) is 0 Å². The van der Waals surface area contributed by atoms with E-state index in [1.807, 2.05) is 77.0 Å². The Hall–Kier alpha value is -3.93. The lowest BCUT2D eigenvalue weighted by Gasteiger charge is -2.13. The number of benzene rings is 2. The number of rotatable bonds is 6. The quantitative estimate of drug-likeness (QED) is 0.354. The number of aromatic amines is 1. The number of imidazole rings is 1. The predicted octanol–water partition coefficient (Wildman–Crippen LogP) is 5.31. The van der Waals surface area contributed by atoms with Gasteiger partial charge in [-0.25, -0.2) is 4.98 Å². The molecule has 0 radical (unpaired) electrons. The molecule has 0 aliphatic heterocycles. The molecule has 0 aliphatic rings. The van der Waals surface area contributed by atoms with Crippen molar-refractivity contribution < 1.29 is 10.2 Å². The fourth-order valence-electron chi connectivity index (χ4n) is 4.19. The van der Waals surface area contributed by atoms with Crippen LogP contribution in [0.1, 0.15) is 12.0 Å². The number of para-hydroxylation sites is 1. The summed E-state index contributed by atoms with van der Waals surface area (Å²) in [4.78, 5) is 7.36. The zero-order valence-corrected chi connectivity index (χ0v) is 17.3. The summed E-state index contributed by atoms with van der Waals surface area (Å²) in [5, 5.41) is 23.0. The number of fused-ring (bicyclic) bond motifs is 1. The second kappa shape index (κ2) is 7.72. The molecule has 31 heavy (non-hydrogen) atoms. The minimum Gasteiger partial charge on any atom is -0.503 e. The standard InChI is InChI=1S/C25H24N4O2/c1-17-7-9-18(10-8-17)23-22(20-15-27-21-6-3-2-5-19(20)21)24(30)25(31)29(23)13-4-12-28-14-11-26-16-28/h2-3,5-11,14-16,27,30-31H,4,12-13H2,1H3. The van der Waals surface area contributed by atoms with E-state index >= 15 is 0 Å². The third-order valence-corrected chi connectivity index (χ3v) is 5.75. The molecule has 5 rings (SSSR count). The number of nitrogens with one attached hydrogen (secondary N) is 1. The molecule has 0 aliphatic carbocycles. The number of hydrogen-bond donors (Lipinski definition) is 3. The van der Waals surface area contributed by atoms with Gasteiger partial charge in [-0.05, 0) is 25.0 Å². The van der Waals surface area contributed by atoms with Gasteiger partial charge in [-0.1, -0.05) is 48.0 Å². The summed E-state index contributed by atoms with van der Waals surface area (Å²) in [7, 11) is 0. The number of aromatic nitrogens is 4. The lowest BCUT2D eigenvalue weighted by atomic mass is 9.99. The van der Waals surface area contributed by atoms with Gasteiger partial charge in [0, 0.05) is 48.1 Å². The molecule has 3 N–H and O–H groups in total. The van der Waals surface area contributed by atoms with Gasteiger partial charge in [-0.2, -0.15) is 0 Å². The molecule has 0 saturated carbocycles. The second-order valence-corrected chi connectivity index (χ2v) is 7.82. The lowest BCUT2D eigenvalue weighted by Crippen LogP contribution is -2.04. The number of nitrogens with zero attached hydrogens (tertiary/aromatic N) is 3. The van der Waals surface area contributed by atoms with Crippen molar-refractivity contribution in [3.8, 4) is 34.0 Å². The maximum atomic E-state index is 11.0. The van der Waals surface area contributed by atoms with Crippen LogP contribution in [-0.4, -0.2) is 29.3 Å². The third kappa shape index (κ3) is 3.36. The zero-order valence-electron chi connectivity index (χ0n) is 17.3. The van der Waals surface area contributed by atoms with Crippen molar-refractivity contribution in [2.45, 2.75) is 26.4 Å². The molecule has 3 aromatic heterocycles. The van der Waals surface area contributed by atoms with Gasteiger partial charge in [0.15, 0.2) is 5.75 Å². The van der Waals surface area contributed by atoms with Crippen LogP contribution in [0.25, 0.3) is 33.3 Å². The fourth-order valence-corrected chi connectivity index (χ4v) is 4.19. The minimum atomic E-state index is -0.110. The van der Waals surface area contributed by atoms with Crippen LogP contribution in [-0.2, 0) is 13.1 Å². The van der Waals surface area contributed by atoms with E-state index in [2.05, 4.69) is 9.97 Å². The largest absolute Gasteiger partial charge is 0.503 e. The van der Waals surface area contributed by atoms with E-state index in [1.165, 1.54) is 0 Å². The van der Waals surface area contributed by atoms with Crippen LogP contribution < -0.4 is 0 Å². The highest BCUT2D eigenvalue weighted by atomic mass is 16.3. The van der Waals surface area contributed by atoms with Gasteiger partial charge in [-0.3, -0.25) is 0 Å².